The molecule has 1 aliphatic rings. The van der Waals surface area contributed by atoms with Gasteiger partial charge in [-0.1, -0.05) is 0 Å². The molecule has 3 rings (SSSR count). The van der Waals surface area contributed by atoms with Crippen LogP contribution >= 0.6 is 0 Å². The van der Waals surface area contributed by atoms with Crippen molar-refractivity contribution < 1.29 is 23.5 Å². The van der Waals surface area contributed by atoms with Gasteiger partial charge < -0.3 is 13.9 Å². The van der Waals surface area contributed by atoms with Gasteiger partial charge in [-0.05, 0) is 44.2 Å². The molecule has 0 unspecified atom stereocenters. The smallest absolute Gasteiger partial charge is 0.305 e. The molecule has 7 nitrogen and oxygen atoms in total. The Morgan fingerprint density at radius 3 is 2.92 bits per heavy atom. The Morgan fingerprint density at radius 2 is 2.19 bits per heavy atom. The minimum atomic E-state index is -0.535. The minimum Gasteiger partial charge on any atom is -0.493 e. The normalized spacial score (nSPS) is 15.4. The van der Waals surface area contributed by atoms with Crippen LogP contribution in [0.3, 0.4) is 0 Å². The Bertz CT molecular complexity index is 827. The van der Waals surface area contributed by atoms with Gasteiger partial charge in [-0.2, -0.15) is 0 Å². The molecule has 0 radical (unpaired) electrons. The first-order chi connectivity index (χ1) is 12.6. The Labute approximate surface area is 150 Å². The second-order valence-corrected chi connectivity index (χ2v) is 5.82. The monoisotopic (exact) mass is 356 g/mol. The molecule has 1 aromatic heterocycles. The topological polar surface area (TPSA) is 89.8 Å². The quantitative estimate of drug-likeness (QED) is 0.634. The summed E-state index contributed by atoms with van der Waals surface area (Å²) in [6, 6.07) is 6.88. The van der Waals surface area contributed by atoms with Crippen LogP contribution in [0, 0.1) is 0 Å². The Kier molecular flexibility index (Phi) is 5.26. The molecule has 0 aliphatic carbocycles. The number of hydrogen-bond donors (Lipinski definition) is 2. The molecule has 2 N–H and O–H groups in total. The first-order valence-corrected chi connectivity index (χ1v) is 8.35. The molecule has 1 atom stereocenters. The molecule has 7 heteroatoms. The van der Waals surface area contributed by atoms with Gasteiger partial charge in [0.1, 0.15) is 17.6 Å². The highest BCUT2D eigenvalue weighted by Crippen LogP contribution is 2.35. The van der Waals surface area contributed by atoms with Crippen molar-refractivity contribution in [1.29, 1.82) is 0 Å². The number of nitrogens with one attached hydrogen (secondary N) is 2. The van der Waals surface area contributed by atoms with Gasteiger partial charge in [-0.15, -0.1) is 0 Å². The van der Waals surface area contributed by atoms with Crippen molar-refractivity contribution in [1.82, 2.24) is 10.9 Å². The third-order valence-corrected chi connectivity index (χ3v) is 3.79. The molecule has 2 amide bonds. The fourth-order valence-electron chi connectivity index (χ4n) is 2.66. The van der Waals surface area contributed by atoms with Crippen LogP contribution in [0.15, 0.2) is 41.0 Å². The van der Waals surface area contributed by atoms with Gasteiger partial charge in [0.15, 0.2) is 5.76 Å². The van der Waals surface area contributed by atoms with Crippen LogP contribution in [0.4, 0.5) is 0 Å². The van der Waals surface area contributed by atoms with E-state index in [-0.39, 0.29) is 11.9 Å². The van der Waals surface area contributed by atoms with Gasteiger partial charge in [0.05, 0.1) is 12.9 Å². The number of amides is 2. The summed E-state index contributed by atoms with van der Waals surface area (Å²) in [5, 5.41) is 0. The lowest BCUT2D eigenvalue weighted by Crippen LogP contribution is -2.40. The van der Waals surface area contributed by atoms with Crippen molar-refractivity contribution in [2.75, 3.05) is 6.61 Å². The summed E-state index contributed by atoms with van der Waals surface area (Å²) in [5.41, 5.74) is 6.38. The van der Waals surface area contributed by atoms with Crippen LogP contribution in [0.25, 0.3) is 6.08 Å². The summed E-state index contributed by atoms with van der Waals surface area (Å²) in [6.07, 6.45) is 5.26. The lowest BCUT2D eigenvalue weighted by atomic mass is 10.1. The molecule has 2 aromatic rings. The Hall–Kier alpha value is -3.22. The molecule has 0 fully saturated rings. The summed E-state index contributed by atoms with van der Waals surface area (Å²) in [5.74, 6) is 0.575. The lowest BCUT2D eigenvalue weighted by Gasteiger charge is -2.10. The van der Waals surface area contributed by atoms with Crippen LogP contribution in [0.5, 0.6) is 11.5 Å². The number of benzene rings is 1. The number of rotatable bonds is 5. The molecule has 26 heavy (non-hydrogen) atoms. The summed E-state index contributed by atoms with van der Waals surface area (Å²) < 4.78 is 16.3. The SMILES string of the molecule is CCOc1cc2c(cc1/C=C/C(=O)NNC(=O)c1ccco1)O[C@H](C)C2. The van der Waals surface area contributed by atoms with Crippen LogP contribution in [-0.2, 0) is 11.2 Å². The molecule has 0 saturated carbocycles. The van der Waals surface area contributed by atoms with Gasteiger partial charge in [-0.25, -0.2) is 0 Å². The third kappa shape index (κ3) is 4.05. The summed E-state index contributed by atoms with van der Waals surface area (Å²) in [6.45, 7) is 4.42. The zero-order valence-electron chi connectivity index (χ0n) is 14.6. The van der Waals surface area contributed by atoms with Crippen molar-refractivity contribution in [3.63, 3.8) is 0 Å². The largest absolute Gasteiger partial charge is 0.493 e. The van der Waals surface area contributed by atoms with Crippen LogP contribution in [-0.4, -0.2) is 24.5 Å². The number of ether oxygens (including phenoxy) is 2. The Morgan fingerprint density at radius 1 is 1.35 bits per heavy atom. The van der Waals surface area contributed by atoms with Crippen molar-refractivity contribution in [3.05, 3.63) is 53.5 Å². The molecule has 2 heterocycles. The average Bonchev–Trinajstić information content (AvgIpc) is 3.26. The third-order valence-electron chi connectivity index (χ3n) is 3.79. The van der Waals surface area contributed by atoms with E-state index in [0.29, 0.717) is 12.4 Å². The number of carbonyl (C=O) groups excluding carboxylic acids is 2. The molecule has 0 spiro atoms. The highest BCUT2D eigenvalue weighted by Gasteiger charge is 2.21. The Balaban J connectivity index is 1.66. The molecule has 1 aromatic carbocycles. The van der Waals surface area contributed by atoms with Crippen molar-refractivity contribution >= 4 is 17.9 Å². The zero-order valence-corrected chi connectivity index (χ0v) is 14.6. The number of carbonyl (C=O) groups is 2. The molecule has 0 saturated heterocycles. The molecular formula is C19H20N2O5. The fourth-order valence-corrected chi connectivity index (χ4v) is 2.66. The first kappa shape index (κ1) is 17.6. The average molecular weight is 356 g/mol. The second-order valence-electron chi connectivity index (χ2n) is 5.82. The summed E-state index contributed by atoms with van der Waals surface area (Å²) in [7, 11) is 0. The second kappa shape index (κ2) is 7.77. The van der Waals surface area contributed by atoms with E-state index in [2.05, 4.69) is 10.9 Å². The standard InChI is InChI=1S/C19H20N2O5/c1-3-24-16-11-14-9-12(2)26-17(14)10-13(16)6-7-18(22)20-21-19(23)15-5-4-8-25-15/h4-8,10-12H,3,9H2,1-2H3,(H,20,22)(H,21,23)/b7-6+/t12-/m1/s1. The highest BCUT2D eigenvalue weighted by atomic mass is 16.5. The molecule has 1 aliphatic heterocycles. The van der Waals surface area contributed by atoms with Crippen molar-refractivity contribution in [3.8, 4) is 11.5 Å². The minimum absolute atomic E-state index is 0.109. The van der Waals surface area contributed by atoms with Crippen LogP contribution in [0.2, 0.25) is 0 Å². The van der Waals surface area contributed by atoms with E-state index in [1.54, 1.807) is 12.1 Å². The molecular weight excluding hydrogens is 336 g/mol. The van der Waals surface area contributed by atoms with E-state index in [9.17, 15) is 9.59 Å². The summed E-state index contributed by atoms with van der Waals surface area (Å²) in [4.78, 5) is 23.6. The van der Waals surface area contributed by atoms with E-state index < -0.39 is 11.8 Å². The highest BCUT2D eigenvalue weighted by molar-refractivity contribution is 5.96. The fraction of sp³-hybridized carbons (Fsp3) is 0.263. The zero-order chi connectivity index (χ0) is 18.5. The van der Waals surface area contributed by atoms with Gasteiger partial charge in [0.2, 0.25) is 0 Å². The number of hydrazine groups is 1. The lowest BCUT2D eigenvalue weighted by molar-refractivity contribution is -0.117. The van der Waals surface area contributed by atoms with E-state index in [1.165, 1.54) is 18.4 Å². The van der Waals surface area contributed by atoms with E-state index in [4.69, 9.17) is 13.9 Å². The van der Waals surface area contributed by atoms with Crippen molar-refractivity contribution in [2.24, 2.45) is 0 Å². The van der Waals surface area contributed by atoms with Gasteiger partial charge in [-0.3, -0.25) is 20.4 Å². The predicted molar refractivity (Wildman–Crippen MR) is 94.8 cm³/mol. The maximum atomic E-state index is 11.9. The maximum Gasteiger partial charge on any atom is 0.305 e. The van der Waals surface area contributed by atoms with E-state index in [0.717, 1.165) is 23.3 Å². The number of furan rings is 1. The summed E-state index contributed by atoms with van der Waals surface area (Å²) >= 11 is 0. The van der Waals surface area contributed by atoms with Gasteiger partial charge in [0, 0.05) is 23.6 Å². The van der Waals surface area contributed by atoms with Gasteiger partial charge >= 0.3 is 5.91 Å². The van der Waals surface area contributed by atoms with Crippen LogP contribution in [0.1, 0.15) is 35.5 Å². The van der Waals surface area contributed by atoms with E-state index >= 15 is 0 Å². The molecule has 136 valence electrons. The molecule has 0 bridgehead atoms. The first-order valence-electron chi connectivity index (χ1n) is 8.35. The number of fused-ring (bicyclic) bond motifs is 1. The van der Waals surface area contributed by atoms with Crippen LogP contribution < -0.4 is 20.3 Å². The number of hydrogen-bond acceptors (Lipinski definition) is 5. The maximum absolute atomic E-state index is 11.9. The van der Waals surface area contributed by atoms with Gasteiger partial charge in [0.25, 0.3) is 5.91 Å². The van der Waals surface area contributed by atoms with Crippen molar-refractivity contribution in [2.45, 2.75) is 26.4 Å². The van der Waals surface area contributed by atoms with E-state index in [1.807, 2.05) is 26.0 Å². The predicted octanol–water partition coefficient (Wildman–Crippen LogP) is 2.48.